The summed E-state index contributed by atoms with van der Waals surface area (Å²) in [5, 5.41) is 0. The van der Waals surface area contributed by atoms with E-state index in [0.29, 0.717) is 23.6 Å². The lowest BCUT2D eigenvalue weighted by Crippen LogP contribution is -2.50. The number of aromatic nitrogens is 4. The first-order chi connectivity index (χ1) is 16.0. The van der Waals surface area contributed by atoms with E-state index in [0.717, 1.165) is 82.0 Å². The number of rotatable bonds is 6. The van der Waals surface area contributed by atoms with Crippen molar-refractivity contribution in [3.63, 3.8) is 0 Å². The van der Waals surface area contributed by atoms with Crippen molar-refractivity contribution in [1.29, 1.82) is 0 Å². The average Bonchev–Trinajstić information content (AvgIpc) is 3.19. The molecule has 0 amide bonds. The highest BCUT2D eigenvalue weighted by Gasteiger charge is 2.38. The number of nitrogens with zero attached hydrogens (tertiary/aromatic N) is 5. The zero-order valence-electron chi connectivity index (χ0n) is 19.8. The zero-order valence-corrected chi connectivity index (χ0v) is 19.8. The molecule has 0 aromatic carbocycles. The molecule has 0 aliphatic carbocycles. The summed E-state index contributed by atoms with van der Waals surface area (Å²) in [6.45, 7) is 8.99. The molecule has 0 N–H and O–H groups in total. The number of imidazole rings is 1. The van der Waals surface area contributed by atoms with Gasteiger partial charge >= 0.3 is 0 Å². The third-order valence-corrected chi connectivity index (χ3v) is 6.92. The van der Waals surface area contributed by atoms with Crippen molar-refractivity contribution in [2.24, 2.45) is 0 Å². The molecule has 5 rings (SSSR count). The Bertz CT molecular complexity index is 1200. The van der Waals surface area contributed by atoms with Gasteiger partial charge in [0.15, 0.2) is 11.4 Å². The summed E-state index contributed by atoms with van der Waals surface area (Å²) in [5.74, 6) is 0.998. The van der Waals surface area contributed by atoms with Crippen molar-refractivity contribution in [2.75, 3.05) is 40.0 Å². The minimum absolute atomic E-state index is 0.0132. The monoisotopic (exact) mass is 455 g/mol. The lowest BCUT2D eigenvalue weighted by molar-refractivity contribution is -0.283. The van der Waals surface area contributed by atoms with E-state index in [2.05, 4.69) is 9.88 Å². The van der Waals surface area contributed by atoms with Gasteiger partial charge in [0.2, 0.25) is 5.88 Å². The second kappa shape index (κ2) is 9.04. The number of piperidine rings is 1. The summed E-state index contributed by atoms with van der Waals surface area (Å²) < 4.78 is 21.0. The number of aryl methyl sites for hydroxylation is 3. The van der Waals surface area contributed by atoms with Gasteiger partial charge in [-0.25, -0.2) is 4.98 Å². The Kier molecular flexibility index (Phi) is 6.11. The van der Waals surface area contributed by atoms with Gasteiger partial charge < -0.3 is 23.7 Å². The van der Waals surface area contributed by atoms with Gasteiger partial charge in [-0.1, -0.05) is 6.92 Å². The molecule has 0 atom stereocenters. The van der Waals surface area contributed by atoms with Crippen LogP contribution in [0.1, 0.15) is 44.1 Å². The van der Waals surface area contributed by atoms with Crippen molar-refractivity contribution in [1.82, 2.24) is 23.8 Å². The summed E-state index contributed by atoms with van der Waals surface area (Å²) >= 11 is 0. The van der Waals surface area contributed by atoms with Gasteiger partial charge in [0.25, 0.3) is 5.56 Å². The van der Waals surface area contributed by atoms with E-state index in [9.17, 15) is 4.79 Å². The Labute approximate surface area is 193 Å². The van der Waals surface area contributed by atoms with E-state index in [1.54, 1.807) is 7.11 Å². The van der Waals surface area contributed by atoms with Crippen LogP contribution in [0.3, 0.4) is 0 Å². The van der Waals surface area contributed by atoms with Crippen LogP contribution < -0.4 is 10.3 Å². The molecule has 0 saturated carbocycles. The molecule has 9 nitrogen and oxygen atoms in total. The molecule has 2 saturated heterocycles. The Balaban J connectivity index is 1.38. The average molecular weight is 456 g/mol. The molecule has 33 heavy (non-hydrogen) atoms. The summed E-state index contributed by atoms with van der Waals surface area (Å²) in [5.41, 5.74) is 2.85. The van der Waals surface area contributed by atoms with Crippen LogP contribution in [0.2, 0.25) is 0 Å². The molecule has 9 heteroatoms. The fourth-order valence-corrected chi connectivity index (χ4v) is 5.15. The largest absolute Gasteiger partial charge is 0.481 e. The second-order valence-electron chi connectivity index (χ2n) is 8.96. The smallest absolute Gasteiger partial charge is 0.277 e. The van der Waals surface area contributed by atoms with Crippen LogP contribution in [0.4, 0.5) is 0 Å². The minimum atomic E-state index is -0.367. The number of methoxy groups -OCH3 is 1. The number of likely N-dealkylation sites (tertiary alicyclic amines) is 1. The highest BCUT2D eigenvalue weighted by molar-refractivity contribution is 5.77. The highest BCUT2D eigenvalue weighted by Crippen LogP contribution is 2.30. The minimum Gasteiger partial charge on any atom is -0.481 e. The van der Waals surface area contributed by atoms with Crippen LogP contribution in [0, 0.1) is 6.92 Å². The van der Waals surface area contributed by atoms with E-state index >= 15 is 0 Å². The Morgan fingerprint density at radius 3 is 2.58 bits per heavy atom. The predicted octanol–water partition coefficient (Wildman–Crippen LogP) is 2.54. The first-order valence-corrected chi connectivity index (χ1v) is 12.0. The molecule has 0 radical (unpaired) electrons. The van der Waals surface area contributed by atoms with Gasteiger partial charge in [0.1, 0.15) is 11.3 Å². The molecular formula is C24H33N5O4. The molecule has 2 fully saturated rings. The Morgan fingerprint density at radius 1 is 1.12 bits per heavy atom. The van der Waals surface area contributed by atoms with Gasteiger partial charge in [0, 0.05) is 45.0 Å². The maximum atomic E-state index is 13.5. The number of hydrogen-bond donors (Lipinski definition) is 0. The molecule has 1 spiro atoms. The lowest BCUT2D eigenvalue weighted by Gasteiger charge is -2.43. The summed E-state index contributed by atoms with van der Waals surface area (Å²) in [6.07, 6.45) is 4.38. The van der Waals surface area contributed by atoms with E-state index < -0.39 is 0 Å². The van der Waals surface area contributed by atoms with Gasteiger partial charge in [-0.2, -0.15) is 4.98 Å². The number of fused-ring (bicyclic) bond motifs is 3. The molecule has 0 unspecified atom stereocenters. The quantitative estimate of drug-likeness (QED) is 0.565. The molecule has 2 aliphatic rings. The third kappa shape index (κ3) is 4.02. The first-order valence-electron chi connectivity index (χ1n) is 12.0. The van der Waals surface area contributed by atoms with Crippen LogP contribution in [0.5, 0.6) is 5.88 Å². The van der Waals surface area contributed by atoms with Gasteiger partial charge in [-0.15, -0.1) is 0 Å². The number of pyridine rings is 1. The van der Waals surface area contributed by atoms with Crippen LogP contribution >= 0.6 is 0 Å². The van der Waals surface area contributed by atoms with E-state index in [1.165, 1.54) is 0 Å². The van der Waals surface area contributed by atoms with Crippen molar-refractivity contribution >= 4 is 16.7 Å². The van der Waals surface area contributed by atoms with Crippen molar-refractivity contribution in [3.8, 4) is 5.88 Å². The Morgan fingerprint density at radius 2 is 1.88 bits per heavy atom. The topological polar surface area (TPSA) is 83.1 Å². The number of ether oxygens (including phenoxy) is 3. The maximum absolute atomic E-state index is 13.5. The lowest BCUT2D eigenvalue weighted by atomic mass is 10.0. The summed E-state index contributed by atoms with van der Waals surface area (Å²) in [7, 11) is 1.60. The van der Waals surface area contributed by atoms with E-state index in [-0.39, 0.29) is 11.3 Å². The summed E-state index contributed by atoms with van der Waals surface area (Å²) in [6, 6.07) is 3.74. The standard InChI is InChI=1S/C24H33N5O4/c1-4-19-25-17(2)21-23(30)28(18-7-8-20(31-3)26-22(18)29(19)21)12-5-11-27-13-9-24(10-14-27)32-15-6-16-33-24/h7-8H,4-6,9-16H2,1-3H3. The zero-order chi connectivity index (χ0) is 23.0. The van der Waals surface area contributed by atoms with Crippen LogP contribution in [0.25, 0.3) is 16.7 Å². The van der Waals surface area contributed by atoms with Gasteiger partial charge in [0.05, 0.1) is 31.5 Å². The van der Waals surface area contributed by atoms with Crippen molar-refractivity contribution in [2.45, 2.75) is 58.3 Å². The van der Waals surface area contributed by atoms with Crippen LogP contribution in [-0.4, -0.2) is 69.6 Å². The second-order valence-corrected chi connectivity index (χ2v) is 8.96. The molecule has 3 aromatic rings. The Hall–Kier alpha value is -2.49. The fourth-order valence-electron chi connectivity index (χ4n) is 5.15. The fraction of sp³-hybridized carbons (Fsp3) is 0.625. The van der Waals surface area contributed by atoms with Crippen LogP contribution in [0.15, 0.2) is 16.9 Å². The molecular weight excluding hydrogens is 422 g/mol. The first kappa shape index (κ1) is 22.3. The predicted molar refractivity (Wildman–Crippen MR) is 125 cm³/mol. The molecule has 178 valence electrons. The molecule has 0 bridgehead atoms. The SMILES string of the molecule is CCc1nc(C)c2c(=O)n(CCCN3CCC4(CC3)OCCCO4)c3ccc(OC)nc3n12. The highest BCUT2D eigenvalue weighted by atomic mass is 16.7. The summed E-state index contributed by atoms with van der Waals surface area (Å²) in [4.78, 5) is 25.3. The van der Waals surface area contributed by atoms with Crippen molar-refractivity contribution in [3.05, 3.63) is 34.0 Å². The van der Waals surface area contributed by atoms with Gasteiger partial charge in [-0.05, 0) is 32.4 Å². The maximum Gasteiger partial charge on any atom is 0.277 e. The normalized spacial score (nSPS) is 19.0. The van der Waals surface area contributed by atoms with Crippen molar-refractivity contribution < 1.29 is 14.2 Å². The van der Waals surface area contributed by atoms with E-state index in [1.807, 2.05) is 34.9 Å². The number of hydrogen-bond acceptors (Lipinski definition) is 7. The third-order valence-electron chi connectivity index (χ3n) is 6.92. The molecule has 5 heterocycles. The molecule has 2 aliphatic heterocycles. The molecule has 3 aromatic heterocycles. The van der Waals surface area contributed by atoms with Crippen LogP contribution in [-0.2, 0) is 22.4 Å². The van der Waals surface area contributed by atoms with Gasteiger partial charge in [-0.3, -0.25) is 9.20 Å². The van der Waals surface area contributed by atoms with E-state index in [4.69, 9.17) is 19.2 Å².